The SMILES string of the molecule is CC(=O)c1ccn(C(=O)N2CCN(Cc3ccc(C(F)(F)F)cc3N3CCC[C@H]3C)CC2)n1. The molecule has 0 bridgehead atoms. The van der Waals surface area contributed by atoms with Crippen molar-refractivity contribution >= 4 is 17.5 Å². The number of carbonyl (C=O) groups excluding carboxylic acids is 2. The smallest absolute Gasteiger partial charge is 0.369 e. The van der Waals surface area contributed by atoms with Gasteiger partial charge in [-0.05, 0) is 43.5 Å². The Bertz CT molecular complexity index is 1030. The van der Waals surface area contributed by atoms with Gasteiger partial charge in [0.05, 0.1) is 5.56 Å². The van der Waals surface area contributed by atoms with Gasteiger partial charge in [0.25, 0.3) is 0 Å². The van der Waals surface area contributed by atoms with Crippen molar-refractivity contribution in [3.05, 3.63) is 47.3 Å². The molecule has 4 rings (SSSR count). The number of piperazine rings is 1. The molecule has 2 aliphatic heterocycles. The highest BCUT2D eigenvalue weighted by Gasteiger charge is 2.33. The van der Waals surface area contributed by atoms with E-state index in [4.69, 9.17) is 0 Å². The van der Waals surface area contributed by atoms with E-state index >= 15 is 0 Å². The molecule has 2 saturated heterocycles. The molecule has 0 saturated carbocycles. The van der Waals surface area contributed by atoms with Gasteiger partial charge in [0.2, 0.25) is 0 Å². The van der Waals surface area contributed by atoms with Crippen LogP contribution in [0.25, 0.3) is 0 Å². The van der Waals surface area contributed by atoms with E-state index in [0.717, 1.165) is 31.0 Å². The molecule has 1 aromatic carbocycles. The van der Waals surface area contributed by atoms with Gasteiger partial charge in [-0.25, -0.2) is 4.79 Å². The fourth-order valence-electron chi connectivity index (χ4n) is 4.53. The third kappa shape index (κ3) is 5.05. The Labute approximate surface area is 190 Å². The summed E-state index contributed by atoms with van der Waals surface area (Å²) in [5.74, 6) is -0.203. The second kappa shape index (κ2) is 9.17. The topological polar surface area (TPSA) is 61.7 Å². The first-order chi connectivity index (χ1) is 15.6. The number of aromatic nitrogens is 2. The van der Waals surface area contributed by atoms with Crippen LogP contribution in [0.5, 0.6) is 0 Å². The zero-order valence-electron chi connectivity index (χ0n) is 18.8. The maximum absolute atomic E-state index is 13.4. The highest BCUT2D eigenvalue weighted by Crippen LogP contribution is 2.36. The third-order valence-electron chi connectivity index (χ3n) is 6.46. The van der Waals surface area contributed by atoms with E-state index in [0.29, 0.717) is 38.4 Å². The molecule has 1 amide bonds. The van der Waals surface area contributed by atoms with Gasteiger partial charge >= 0.3 is 12.2 Å². The Hall–Kier alpha value is -2.88. The van der Waals surface area contributed by atoms with Crippen LogP contribution in [0.15, 0.2) is 30.5 Å². The van der Waals surface area contributed by atoms with Crippen LogP contribution in [-0.2, 0) is 12.7 Å². The summed E-state index contributed by atoms with van der Waals surface area (Å²) in [7, 11) is 0. The number of hydrogen-bond donors (Lipinski definition) is 0. The molecule has 33 heavy (non-hydrogen) atoms. The molecule has 10 heteroatoms. The van der Waals surface area contributed by atoms with E-state index < -0.39 is 11.7 Å². The van der Waals surface area contributed by atoms with Crippen molar-refractivity contribution in [2.45, 2.75) is 45.5 Å². The normalized spacial score (nSPS) is 19.8. The Morgan fingerprint density at radius 1 is 1.09 bits per heavy atom. The van der Waals surface area contributed by atoms with Gasteiger partial charge in [0, 0.05) is 64.1 Å². The number of carbonyl (C=O) groups is 2. The second-order valence-corrected chi connectivity index (χ2v) is 8.77. The molecule has 178 valence electrons. The highest BCUT2D eigenvalue weighted by molar-refractivity contribution is 5.92. The van der Waals surface area contributed by atoms with Crippen LogP contribution in [0, 0.1) is 0 Å². The van der Waals surface area contributed by atoms with Gasteiger partial charge in [0.1, 0.15) is 5.69 Å². The Kier molecular flexibility index (Phi) is 6.47. The quantitative estimate of drug-likeness (QED) is 0.644. The van der Waals surface area contributed by atoms with Crippen LogP contribution in [0.2, 0.25) is 0 Å². The molecular formula is C23H28F3N5O2. The lowest BCUT2D eigenvalue weighted by molar-refractivity contribution is -0.137. The molecule has 2 aromatic rings. The van der Waals surface area contributed by atoms with Crippen LogP contribution >= 0.6 is 0 Å². The zero-order valence-corrected chi connectivity index (χ0v) is 18.8. The average molecular weight is 464 g/mol. The zero-order chi connectivity index (χ0) is 23.8. The lowest BCUT2D eigenvalue weighted by atomic mass is 10.1. The number of Topliss-reactive ketones (excluding diaryl/α,β-unsaturated/α-hetero) is 1. The molecule has 0 N–H and O–H groups in total. The van der Waals surface area contributed by atoms with Gasteiger partial charge in [-0.1, -0.05) is 6.07 Å². The third-order valence-corrected chi connectivity index (χ3v) is 6.46. The predicted octanol–water partition coefficient (Wildman–Crippen LogP) is 3.88. The van der Waals surface area contributed by atoms with Gasteiger partial charge < -0.3 is 9.80 Å². The molecule has 2 aliphatic rings. The van der Waals surface area contributed by atoms with Crippen LogP contribution in [0.1, 0.15) is 48.3 Å². The molecule has 3 heterocycles. The highest BCUT2D eigenvalue weighted by atomic mass is 19.4. The molecule has 1 atom stereocenters. The summed E-state index contributed by atoms with van der Waals surface area (Å²) in [5.41, 5.74) is 1.14. The average Bonchev–Trinajstić information content (AvgIpc) is 3.43. The first-order valence-electron chi connectivity index (χ1n) is 11.2. The number of ketones is 1. The summed E-state index contributed by atoms with van der Waals surface area (Å²) in [6.07, 6.45) is -0.959. The first kappa shape index (κ1) is 23.3. The number of alkyl halides is 3. The number of nitrogens with zero attached hydrogens (tertiary/aromatic N) is 5. The lowest BCUT2D eigenvalue weighted by Crippen LogP contribution is -2.49. The number of hydrogen-bond acceptors (Lipinski definition) is 5. The standard InChI is InChI=1S/C23H28F3N5O2/c1-16-4-3-8-30(16)21-14-19(23(24,25)26)6-5-18(21)15-28-10-12-29(13-11-28)22(33)31-9-7-20(27-31)17(2)32/h5-7,9,14,16H,3-4,8,10-13,15H2,1-2H3/t16-/m1/s1. The monoisotopic (exact) mass is 463 g/mol. The summed E-state index contributed by atoms with van der Waals surface area (Å²) in [6, 6.07) is 5.46. The molecule has 1 aromatic heterocycles. The molecular weight excluding hydrogens is 435 g/mol. The van der Waals surface area contributed by atoms with Crippen molar-refractivity contribution in [2.75, 3.05) is 37.6 Å². The Morgan fingerprint density at radius 3 is 2.39 bits per heavy atom. The first-order valence-corrected chi connectivity index (χ1v) is 11.2. The van der Waals surface area contributed by atoms with Crippen molar-refractivity contribution in [3.63, 3.8) is 0 Å². The summed E-state index contributed by atoms with van der Waals surface area (Å²) >= 11 is 0. The minimum atomic E-state index is -4.38. The van der Waals surface area contributed by atoms with Crippen LogP contribution < -0.4 is 4.90 Å². The second-order valence-electron chi connectivity index (χ2n) is 8.77. The maximum Gasteiger partial charge on any atom is 0.416 e. The van der Waals surface area contributed by atoms with Crippen molar-refractivity contribution in [1.29, 1.82) is 0 Å². The number of benzene rings is 1. The van der Waals surface area contributed by atoms with E-state index in [1.165, 1.54) is 29.9 Å². The van der Waals surface area contributed by atoms with Crippen LogP contribution in [-0.4, -0.2) is 70.2 Å². The largest absolute Gasteiger partial charge is 0.416 e. The number of rotatable bonds is 4. The molecule has 0 spiro atoms. The van der Waals surface area contributed by atoms with Gasteiger partial charge in [0.15, 0.2) is 5.78 Å². The number of halogens is 3. The minimum absolute atomic E-state index is 0.203. The van der Waals surface area contributed by atoms with Crippen molar-refractivity contribution in [2.24, 2.45) is 0 Å². The minimum Gasteiger partial charge on any atom is -0.369 e. The summed E-state index contributed by atoms with van der Waals surface area (Å²) in [5, 5.41) is 4.03. The molecule has 7 nitrogen and oxygen atoms in total. The summed E-state index contributed by atoms with van der Waals surface area (Å²) in [6.45, 7) is 6.88. The van der Waals surface area contributed by atoms with Crippen LogP contribution in [0.4, 0.5) is 23.7 Å². The molecule has 0 aliphatic carbocycles. The molecule has 2 fully saturated rings. The van der Waals surface area contributed by atoms with E-state index in [1.54, 1.807) is 11.0 Å². The molecule has 0 radical (unpaired) electrons. The summed E-state index contributed by atoms with van der Waals surface area (Å²) < 4.78 is 41.2. The predicted molar refractivity (Wildman–Crippen MR) is 117 cm³/mol. The maximum atomic E-state index is 13.4. The van der Waals surface area contributed by atoms with Gasteiger partial charge in [-0.3, -0.25) is 9.69 Å². The van der Waals surface area contributed by atoms with Crippen molar-refractivity contribution < 1.29 is 22.8 Å². The number of anilines is 1. The fourth-order valence-corrected chi connectivity index (χ4v) is 4.53. The van der Waals surface area contributed by atoms with Crippen molar-refractivity contribution in [3.8, 4) is 0 Å². The Morgan fingerprint density at radius 2 is 1.82 bits per heavy atom. The fraction of sp³-hybridized carbons (Fsp3) is 0.522. The van der Waals surface area contributed by atoms with Gasteiger partial charge in [-0.2, -0.15) is 23.0 Å². The summed E-state index contributed by atoms with van der Waals surface area (Å²) in [4.78, 5) is 30.0. The van der Waals surface area contributed by atoms with Gasteiger partial charge in [-0.15, -0.1) is 0 Å². The number of amides is 1. The van der Waals surface area contributed by atoms with E-state index in [2.05, 4.69) is 14.9 Å². The molecule has 0 unspecified atom stereocenters. The van der Waals surface area contributed by atoms with E-state index in [-0.39, 0.29) is 23.6 Å². The van der Waals surface area contributed by atoms with E-state index in [9.17, 15) is 22.8 Å². The van der Waals surface area contributed by atoms with Crippen LogP contribution in [0.3, 0.4) is 0 Å². The lowest BCUT2D eigenvalue weighted by Gasteiger charge is -2.35. The van der Waals surface area contributed by atoms with E-state index in [1.807, 2.05) is 6.92 Å². The Balaban J connectivity index is 1.44. The van der Waals surface area contributed by atoms with Crippen molar-refractivity contribution in [1.82, 2.24) is 19.6 Å².